The van der Waals surface area contributed by atoms with E-state index in [4.69, 9.17) is 4.74 Å². The number of hydrogen-bond acceptors (Lipinski definition) is 4. The zero-order valence-electron chi connectivity index (χ0n) is 14.7. The lowest BCUT2D eigenvalue weighted by molar-refractivity contribution is 0.0161. The SMILES string of the molecule is CC(C)(C)OC(=O)N1C2CC(C2)C1CN1C(=O)c2ccccc2C1=O. The van der Waals surface area contributed by atoms with E-state index in [1.807, 2.05) is 20.8 Å². The molecule has 0 aromatic heterocycles. The van der Waals surface area contributed by atoms with Crippen molar-refractivity contribution in [3.05, 3.63) is 35.4 Å². The van der Waals surface area contributed by atoms with Crippen molar-refractivity contribution < 1.29 is 19.1 Å². The maximum atomic E-state index is 12.6. The first-order chi connectivity index (χ1) is 11.8. The standard InChI is InChI=1S/C19H22N2O4/c1-19(2,3)25-18(24)21-12-8-11(9-12)15(21)10-20-16(22)13-6-4-5-7-14(13)17(20)23/h4-7,11-12,15H,8-10H2,1-3H3. The van der Waals surface area contributed by atoms with Gasteiger partial charge >= 0.3 is 6.09 Å². The number of rotatable bonds is 2. The van der Waals surface area contributed by atoms with Crippen LogP contribution in [0.1, 0.15) is 54.3 Å². The van der Waals surface area contributed by atoms with Gasteiger partial charge < -0.3 is 9.64 Å². The third kappa shape index (κ3) is 2.51. The van der Waals surface area contributed by atoms with Crippen molar-refractivity contribution in [3.8, 4) is 0 Å². The van der Waals surface area contributed by atoms with Crippen LogP contribution in [-0.2, 0) is 4.74 Å². The summed E-state index contributed by atoms with van der Waals surface area (Å²) in [7, 11) is 0. The normalized spacial score (nSPS) is 27.4. The Hall–Kier alpha value is -2.37. The summed E-state index contributed by atoms with van der Waals surface area (Å²) in [6.45, 7) is 5.76. The number of nitrogens with zero attached hydrogens (tertiary/aromatic N) is 2. The topological polar surface area (TPSA) is 66.9 Å². The third-order valence-corrected chi connectivity index (χ3v) is 5.30. The van der Waals surface area contributed by atoms with Crippen molar-refractivity contribution in [1.29, 1.82) is 0 Å². The van der Waals surface area contributed by atoms with E-state index in [1.165, 1.54) is 4.90 Å². The molecule has 132 valence electrons. The summed E-state index contributed by atoms with van der Waals surface area (Å²) in [6, 6.07) is 6.88. The lowest BCUT2D eigenvalue weighted by atomic mass is 9.83. The van der Waals surface area contributed by atoms with Crippen LogP contribution in [0.2, 0.25) is 0 Å². The van der Waals surface area contributed by atoms with Crippen LogP contribution in [0.25, 0.3) is 0 Å². The Labute approximate surface area is 146 Å². The molecule has 1 aliphatic carbocycles. The van der Waals surface area contributed by atoms with Crippen molar-refractivity contribution in [2.24, 2.45) is 5.92 Å². The molecular formula is C19H22N2O4. The predicted molar refractivity (Wildman–Crippen MR) is 90.2 cm³/mol. The highest BCUT2D eigenvalue weighted by Gasteiger charge is 2.55. The molecule has 25 heavy (non-hydrogen) atoms. The molecule has 3 fully saturated rings. The van der Waals surface area contributed by atoms with Gasteiger partial charge in [0.15, 0.2) is 0 Å². The molecule has 2 saturated heterocycles. The Morgan fingerprint density at radius 3 is 2.20 bits per heavy atom. The minimum Gasteiger partial charge on any atom is -0.444 e. The first kappa shape index (κ1) is 16.1. The van der Waals surface area contributed by atoms with E-state index in [2.05, 4.69) is 0 Å². The zero-order chi connectivity index (χ0) is 17.9. The number of carbonyl (C=O) groups is 3. The van der Waals surface area contributed by atoms with Crippen molar-refractivity contribution in [1.82, 2.24) is 9.80 Å². The molecule has 1 aromatic carbocycles. The number of ether oxygens (including phenoxy) is 1. The number of benzene rings is 1. The van der Waals surface area contributed by atoms with Crippen molar-refractivity contribution in [3.63, 3.8) is 0 Å². The Bertz CT molecular complexity index is 726. The molecule has 1 unspecified atom stereocenters. The van der Waals surface area contributed by atoms with E-state index in [0.717, 1.165) is 12.8 Å². The van der Waals surface area contributed by atoms with Crippen LogP contribution in [-0.4, -0.2) is 51.9 Å². The van der Waals surface area contributed by atoms with E-state index in [-0.39, 0.29) is 36.5 Å². The van der Waals surface area contributed by atoms with Crippen LogP contribution in [0.15, 0.2) is 24.3 Å². The molecule has 6 heteroatoms. The highest BCUT2D eigenvalue weighted by atomic mass is 16.6. The Balaban J connectivity index is 1.54. The molecular weight excluding hydrogens is 320 g/mol. The quantitative estimate of drug-likeness (QED) is 0.775. The summed E-state index contributed by atoms with van der Waals surface area (Å²) in [5.74, 6) is -0.204. The smallest absolute Gasteiger partial charge is 0.410 e. The average molecular weight is 342 g/mol. The molecule has 5 rings (SSSR count). The van der Waals surface area contributed by atoms with Crippen molar-refractivity contribution in [2.45, 2.75) is 51.3 Å². The summed E-state index contributed by atoms with van der Waals surface area (Å²) in [4.78, 5) is 40.8. The second kappa shape index (κ2) is 5.31. The van der Waals surface area contributed by atoms with Crippen LogP contribution >= 0.6 is 0 Å². The Kier molecular flexibility index (Phi) is 3.42. The number of amides is 3. The molecule has 0 radical (unpaired) electrons. The molecule has 3 aliphatic heterocycles. The maximum absolute atomic E-state index is 12.6. The first-order valence-corrected chi connectivity index (χ1v) is 8.73. The van der Waals surface area contributed by atoms with Crippen LogP contribution in [0, 0.1) is 5.92 Å². The fraction of sp³-hybridized carbons (Fsp3) is 0.526. The molecule has 1 saturated carbocycles. The van der Waals surface area contributed by atoms with Gasteiger partial charge in [0, 0.05) is 6.04 Å². The summed E-state index contributed by atoms with van der Waals surface area (Å²) >= 11 is 0. The van der Waals surface area contributed by atoms with Gasteiger partial charge in [0.1, 0.15) is 5.60 Å². The van der Waals surface area contributed by atoms with E-state index < -0.39 is 5.60 Å². The molecule has 0 spiro atoms. The molecule has 3 heterocycles. The third-order valence-electron chi connectivity index (χ3n) is 5.30. The Morgan fingerprint density at radius 1 is 1.12 bits per heavy atom. The van der Waals surface area contributed by atoms with E-state index in [0.29, 0.717) is 17.0 Å². The molecule has 0 N–H and O–H groups in total. The van der Waals surface area contributed by atoms with E-state index in [1.54, 1.807) is 29.2 Å². The fourth-order valence-electron chi connectivity index (χ4n) is 4.10. The molecule has 1 atom stereocenters. The van der Waals surface area contributed by atoms with Gasteiger partial charge in [0.05, 0.1) is 23.7 Å². The molecule has 2 bridgehead atoms. The monoisotopic (exact) mass is 342 g/mol. The van der Waals surface area contributed by atoms with Crippen LogP contribution < -0.4 is 0 Å². The second-order valence-corrected chi connectivity index (χ2v) is 8.11. The van der Waals surface area contributed by atoms with Crippen LogP contribution in [0.5, 0.6) is 0 Å². The number of carbonyl (C=O) groups excluding carboxylic acids is 3. The van der Waals surface area contributed by atoms with Gasteiger partial charge in [-0.2, -0.15) is 0 Å². The first-order valence-electron chi connectivity index (χ1n) is 8.73. The van der Waals surface area contributed by atoms with Gasteiger partial charge in [-0.05, 0) is 51.7 Å². The molecule has 3 amide bonds. The van der Waals surface area contributed by atoms with Gasteiger partial charge in [-0.25, -0.2) is 4.79 Å². The summed E-state index contributed by atoms with van der Waals surface area (Å²) in [5.41, 5.74) is 0.327. The van der Waals surface area contributed by atoms with Crippen LogP contribution in [0.3, 0.4) is 0 Å². The number of fused-ring (bicyclic) bond motifs is 2. The van der Waals surface area contributed by atoms with Gasteiger partial charge in [-0.15, -0.1) is 0 Å². The summed E-state index contributed by atoms with van der Waals surface area (Å²) < 4.78 is 5.53. The predicted octanol–water partition coefficient (Wildman–Crippen LogP) is 2.68. The molecule has 4 aliphatic rings. The lowest BCUT2D eigenvalue weighted by Gasteiger charge is -2.30. The highest BCUT2D eigenvalue weighted by Crippen LogP contribution is 2.47. The van der Waals surface area contributed by atoms with E-state index in [9.17, 15) is 14.4 Å². The number of imide groups is 1. The van der Waals surface area contributed by atoms with Gasteiger partial charge in [-0.1, -0.05) is 12.1 Å². The van der Waals surface area contributed by atoms with Gasteiger partial charge in [-0.3, -0.25) is 14.5 Å². The largest absolute Gasteiger partial charge is 0.444 e. The maximum Gasteiger partial charge on any atom is 0.410 e. The average Bonchev–Trinajstić information content (AvgIpc) is 3.10. The van der Waals surface area contributed by atoms with Crippen molar-refractivity contribution >= 4 is 17.9 Å². The highest BCUT2D eigenvalue weighted by molar-refractivity contribution is 6.21. The van der Waals surface area contributed by atoms with Gasteiger partial charge in [0.25, 0.3) is 11.8 Å². The summed E-state index contributed by atoms with van der Waals surface area (Å²) in [5, 5.41) is 0. The minimum atomic E-state index is -0.565. The van der Waals surface area contributed by atoms with Gasteiger partial charge in [0.2, 0.25) is 0 Å². The van der Waals surface area contributed by atoms with Crippen LogP contribution in [0.4, 0.5) is 4.79 Å². The molecule has 1 aromatic rings. The Morgan fingerprint density at radius 2 is 1.68 bits per heavy atom. The lowest BCUT2D eigenvalue weighted by Crippen LogP contribution is -2.47. The fourth-order valence-corrected chi connectivity index (χ4v) is 4.10. The second-order valence-electron chi connectivity index (χ2n) is 8.11. The van der Waals surface area contributed by atoms with E-state index >= 15 is 0 Å². The number of hydrogen-bond donors (Lipinski definition) is 0. The minimum absolute atomic E-state index is 0.151. The molecule has 6 nitrogen and oxygen atoms in total. The van der Waals surface area contributed by atoms with Crippen molar-refractivity contribution in [2.75, 3.05) is 6.54 Å². The zero-order valence-corrected chi connectivity index (χ0v) is 14.7. The summed E-state index contributed by atoms with van der Waals surface area (Å²) in [6.07, 6.45) is 1.50.